The van der Waals surface area contributed by atoms with E-state index in [0.29, 0.717) is 0 Å². The van der Waals surface area contributed by atoms with Gasteiger partial charge in [-0.2, -0.15) is 0 Å². The molecule has 0 N–H and O–H groups in total. The maximum absolute atomic E-state index is 5.21. The fourth-order valence-corrected chi connectivity index (χ4v) is 14.5. The highest BCUT2D eigenvalue weighted by molar-refractivity contribution is 7.80. The topological polar surface area (TPSA) is 0 Å². The molecule has 1 heterocycles. The molecule has 9 aromatic rings. The Bertz CT molecular complexity index is 2670. The first-order chi connectivity index (χ1) is 25.6. The summed E-state index contributed by atoms with van der Waals surface area (Å²) in [5, 5.41) is 8.06. The summed E-state index contributed by atoms with van der Waals surface area (Å²) in [5.41, 5.74) is 8.46. The Hall–Kier alpha value is -5.45. The largest absolute Gasteiger partial charge is 0.179 e. The molecule has 0 aliphatic rings. The van der Waals surface area contributed by atoms with Gasteiger partial charge in [-0.1, -0.05) is 188 Å². The molecule has 52 heavy (non-hydrogen) atoms. The molecule has 0 unspecified atom stereocenters. The number of hydrogen-bond donors (Lipinski definition) is 1. The van der Waals surface area contributed by atoms with Gasteiger partial charge < -0.3 is 0 Å². The second-order valence-electron chi connectivity index (χ2n) is 13.4. The molecule has 0 aliphatic heterocycles. The van der Waals surface area contributed by atoms with E-state index in [1.165, 1.54) is 68.7 Å². The summed E-state index contributed by atoms with van der Waals surface area (Å²) in [6, 6.07) is 71.8. The highest BCUT2D eigenvalue weighted by atomic mass is 32.1. The molecule has 3 heteroatoms. The summed E-state index contributed by atoms with van der Waals surface area (Å²) in [6.07, 6.45) is 0. The number of aryl methyl sites for hydroxylation is 1. The lowest BCUT2D eigenvalue weighted by molar-refractivity contribution is 1.39. The minimum Gasteiger partial charge on any atom is -0.142 e. The number of rotatable bonds is 7. The van der Waals surface area contributed by atoms with Crippen molar-refractivity contribution in [3.8, 4) is 33.4 Å². The van der Waals surface area contributed by atoms with Crippen molar-refractivity contribution in [1.29, 1.82) is 0 Å². The summed E-state index contributed by atoms with van der Waals surface area (Å²) >= 11 is 7.10. The molecule has 0 spiro atoms. The van der Waals surface area contributed by atoms with Gasteiger partial charge in [0.2, 0.25) is 0 Å². The van der Waals surface area contributed by atoms with E-state index in [0.717, 1.165) is 16.0 Å². The van der Waals surface area contributed by atoms with Gasteiger partial charge in [0.1, 0.15) is 0 Å². The van der Waals surface area contributed by atoms with E-state index in [9.17, 15) is 0 Å². The van der Waals surface area contributed by atoms with Crippen LogP contribution in [0.3, 0.4) is 0 Å². The Labute approximate surface area is 316 Å². The Balaban J connectivity index is 1.29. The van der Waals surface area contributed by atoms with Gasteiger partial charge in [-0.15, -0.1) is 24.0 Å². The fraction of sp³-hybridized carbons (Fsp3) is 0.0204. The van der Waals surface area contributed by atoms with Crippen LogP contribution < -0.4 is 20.7 Å². The van der Waals surface area contributed by atoms with Crippen LogP contribution in [-0.4, -0.2) is 8.07 Å². The molecule has 0 saturated heterocycles. The second-order valence-corrected chi connectivity index (χ2v) is 18.7. The Kier molecular flexibility index (Phi) is 8.48. The van der Waals surface area contributed by atoms with Crippen molar-refractivity contribution in [3.63, 3.8) is 0 Å². The van der Waals surface area contributed by atoms with Crippen LogP contribution in [0.4, 0.5) is 0 Å². The summed E-state index contributed by atoms with van der Waals surface area (Å²) in [6.45, 7) is 2.17. The lowest BCUT2D eigenvalue weighted by atomic mass is 9.96. The van der Waals surface area contributed by atoms with Crippen LogP contribution in [0.25, 0.3) is 53.6 Å². The van der Waals surface area contributed by atoms with E-state index >= 15 is 0 Å². The molecule has 9 rings (SSSR count). The van der Waals surface area contributed by atoms with Gasteiger partial charge in [0.15, 0.2) is 8.07 Å². The average Bonchev–Trinajstić information content (AvgIpc) is 3.59. The first-order valence-corrected chi connectivity index (χ1v) is 21.0. The van der Waals surface area contributed by atoms with Gasteiger partial charge in [0.05, 0.1) is 0 Å². The van der Waals surface area contributed by atoms with E-state index in [4.69, 9.17) is 12.6 Å². The molecule has 0 aliphatic carbocycles. The van der Waals surface area contributed by atoms with Crippen molar-refractivity contribution >= 4 is 73.0 Å². The molecule has 0 radical (unpaired) electrons. The smallest absolute Gasteiger partial charge is 0.142 e. The molecule has 1 aromatic heterocycles. The third-order valence-corrected chi connectivity index (χ3v) is 17.0. The van der Waals surface area contributed by atoms with Crippen LogP contribution >= 0.6 is 24.0 Å². The standard InChI is InChI=1S/C49H36S2Si/c1-34-16-8-9-25-41(34)45-29-14-27-42(48(45)50)35-17-12-23-39(32-35)52(37-19-4-2-5-20-37,38-21-6-3-7-22-38)40-24-13-18-36(33-40)43-28-15-30-46-44-26-10-11-31-47(44)51-49(43)46/h2-33,50H,1H3. The van der Waals surface area contributed by atoms with E-state index in [2.05, 4.69) is 201 Å². The van der Waals surface area contributed by atoms with Crippen molar-refractivity contribution in [2.45, 2.75) is 11.8 Å². The zero-order chi connectivity index (χ0) is 35.1. The van der Waals surface area contributed by atoms with Crippen LogP contribution in [0.15, 0.2) is 199 Å². The van der Waals surface area contributed by atoms with Gasteiger partial charge in [-0.3, -0.25) is 0 Å². The molecular weight excluding hydrogens is 681 g/mol. The summed E-state index contributed by atoms with van der Waals surface area (Å²) in [4.78, 5) is 0.999. The van der Waals surface area contributed by atoms with Crippen LogP contribution in [0.5, 0.6) is 0 Å². The number of benzene rings is 8. The third-order valence-electron chi connectivity index (χ3n) is 10.5. The SMILES string of the molecule is Cc1ccccc1-c1cccc(-c2cccc([Si](c3ccccc3)(c3ccccc3)c3cccc(-c4cccc5c4sc4ccccc45)c3)c2)c1S. The van der Waals surface area contributed by atoms with Gasteiger partial charge in [-0.25, -0.2) is 0 Å². The highest BCUT2D eigenvalue weighted by Crippen LogP contribution is 2.40. The summed E-state index contributed by atoms with van der Waals surface area (Å²) in [5.74, 6) is 0. The highest BCUT2D eigenvalue weighted by Gasteiger charge is 2.41. The third kappa shape index (κ3) is 5.45. The zero-order valence-electron chi connectivity index (χ0n) is 28.8. The molecule has 0 amide bonds. The first-order valence-electron chi connectivity index (χ1n) is 17.7. The van der Waals surface area contributed by atoms with E-state index in [1.807, 2.05) is 11.3 Å². The fourth-order valence-electron chi connectivity index (χ4n) is 8.06. The lowest BCUT2D eigenvalue weighted by Gasteiger charge is -2.35. The van der Waals surface area contributed by atoms with Crippen LogP contribution in [0.1, 0.15) is 5.56 Å². The Morgan fingerprint density at radius 1 is 0.404 bits per heavy atom. The van der Waals surface area contributed by atoms with E-state index < -0.39 is 8.07 Å². The van der Waals surface area contributed by atoms with Gasteiger partial charge in [0.25, 0.3) is 0 Å². The van der Waals surface area contributed by atoms with Crippen molar-refractivity contribution in [3.05, 3.63) is 200 Å². The quantitative estimate of drug-likeness (QED) is 0.0948. The summed E-state index contributed by atoms with van der Waals surface area (Å²) in [7, 11) is -2.85. The lowest BCUT2D eigenvalue weighted by Crippen LogP contribution is -2.74. The van der Waals surface area contributed by atoms with E-state index in [1.54, 1.807) is 0 Å². The average molecular weight is 717 g/mol. The molecule has 0 bridgehead atoms. The minimum absolute atomic E-state index is 0.999. The molecular formula is C49H36S2Si. The minimum atomic E-state index is -2.85. The normalized spacial score (nSPS) is 11.7. The molecule has 248 valence electrons. The predicted molar refractivity (Wildman–Crippen MR) is 231 cm³/mol. The summed E-state index contributed by atoms with van der Waals surface area (Å²) < 4.78 is 2.66. The number of fused-ring (bicyclic) bond motifs is 3. The van der Waals surface area contributed by atoms with Gasteiger partial charge >= 0.3 is 0 Å². The molecule has 0 nitrogen and oxygen atoms in total. The first kappa shape index (κ1) is 32.5. The molecule has 0 saturated carbocycles. The van der Waals surface area contributed by atoms with Crippen LogP contribution in [0, 0.1) is 6.92 Å². The van der Waals surface area contributed by atoms with E-state index in [-0.39, 0.29) is 0 Å². The van der Waals surface area contributed by atoms with Crippen molar-refractivity contribution in [2.75, 3.05) is 0 Å². The zero-order valence-corrected chi connectivity index (χ0v) is 31.5. The molecule has 8 aromatic carbocycles. The number of hydrogen-bond acceptors (Lipinski definition) is 2. The van der Waals surface area contributed by atoms with Crippen molar-refractivity contribution in [1.82, 2.24) is 0 Å². The Morgan fingerprint density at radius 3 is 1.58 bits per heavy atom. The van der Waals surface area contributed by atoms with Gasteiger partial charge in [0, 0.05) is 25.1 Å². The van der Waals surface area contributed by atoms with Crippen LogP contribution in [0.2, 0.25) is 0 Å². The van der Waals surface area contributed by atoms with Crippen molar-refractivity contribution < 1.29 is 0 Å². The molecule has 0 atom stereocenters. The monoisotopic (exact) mass is 716 g/mol. The predicted octanol–water partition coefficient (Wildman–Crippen LogP) is 11.0. The maximum atomic E-state index is 5.21. The van der Waals surface area contributed by atoms with Crippen molar-refractivity contribution in [2.24, 2.45) is 0 Å². The number of thiophene rings is 1. The van der Waals surface area contributed by atoms with Crippen LogP contribution in [-0.2, 0) is 0 Å². The maximum Gasteiger partial charge on any atom is 0.179 e. The molecule has 0 fully saturated rings. The Morgan fingerprint density at radius 2 is 0.885 bits per heavy atom. The van der Waals surface area contributed by atoms with Gasteiger partial charge in [-0.05, 0) is 72.7 Å². The second kappa shape index (κ2) is 13.6. The number of thiol groups is 1.